The maximum absolute atomic E-state index is 5.56. The molecule has 0 aliphatic heterocycles. The van der Waals surface area contributed by atoms with Crippen molar-refractivity contribution in [3.05, 3.63) is 29.3 Å². The van der Waals surface area contributed by atoms with Gasteiger partial charge in [-0.25, -0.2) is 9.97 Å². The number of nitrogens with two attached hydrogens (primary N) is 1. The van der Waals surface area contributed by atoms with Gasteiger partial charge in [-0.1, -0.05) is 17.7 Å². The van der Waals surface area contributed by atoms with Gasteiger partial charge in [0, 0.05) is 0 Å². The molecule has 1 aromatic heterocycles. The van der Waals surface area contributed by atoms with Crippen LogP contribution in [0.1, 0.15) is 12.6 Å². The van der Waals surface area contributed by atoms with Crippen molar-refractivity contribution in [3.8, 4) is 0 Å². The molecule has 0 amide bonds. The lowest BCUT2D eigenvalue weighted by Crippen LogP contribution is -1.98. The summed E-state index contributed by atoms with van der Waals surface area (Å²) in [7, 11) is 0. The van der Waals surface area contributed by atoms with Crippen LogP contribution in [-0.2, 0) is 0 Å². The lowest BCUT2D eigenvalue weighted by atomic mass is 10.3. The van der Waals surface area contributed by atoms with E-state index in [-0.39, 0.29) is 0 Å². The molecule has 0 aliphatic rings. The Labute approximate surface area is 69.9 Å². The smallest absolute Gasteiger partial charge is 0.147 e. The number of hydrogen-bond donors (Lipinski definition) is 1. The minimum atomic E-state index is 0.373. The van der Waals surface area contributed by atoms with E-state index < -0.39 is 0 Å². The van der Waals surface area contributed by atoms with E-state index in [0.717, 1.165) is 0 Å². The SMILES string of the molecule is C/C=C(/N)c1cnc(Cl)cn1. The van der Waals surface area contributed by atoms with Gasteiger partial charge < -0.3 is 5.73 Å². The highest BCUT2D eigenvalue weighted by atomic mass is 35.5. The van der Waals surface area contributed by atoms with Crippen molar-refractivity contribution in [2.45, 2.75) is 6.92 Å². The van der Waals surface area contributed by atoms with Gasteiger partial charge in [-0.15, -0.1) is 0 Å². The fraction of sp³-hybridized carbons (Fsp3) is 0.143. The number of nitrogens with zero attached hydrogens (tertiary/aromatic N) is 2. The van der Waals surface area contributed by atoms with Gasteiger partial charge in [0.1, 0.15) is 10.8 Å². The third-order valence-corrected chi connectivity index (χ3v) is 1.42. The van der Waals surface area contributed by atoms with Crippen LogP contribution in [0.3, 0.4) is 0 Å². The Morgan fingerprint density at radius 3 is 2.73 bits per heavy atom. The fourth-order valence-corrected chi connectivity index (χ4v) is 0.707. The molecule has 0 bridgehead atoms. The van der Waals surface area contributed by atoms with Crippen LogP contribution in [0.4, 0.5) is 0 Å². The van der Waals surface area contributed by atoms with E-state index in [0.29, 0.717) is 16.5 Å². The topological polar surface area (TPSA) is 51.8 Å². The van der Waals surface area contributed by atoms with Crippen LogP contribution in [0.2, 0.25) is 5.15 Å². The van der Waals surface area contributed by atoms with E-state index in [1.807, 2.05) is 6.92 Å². The standard InChI is InChI=1S/C7H8ClN3/c1-2-5(9)6-3-11-7(8)4-10-6/h2-4H,9H2,1H3/b5-2+. The van der Waals surface area contributed by atoms with Crippen molar-refractivity contribution in [2.24, 2.45) is 5.73 Å². The first-order valence-corrected chi connectivity index (χ1v) is 3.51. The molecular weight excluding hydrogens is 162 g/mol. The largest absolute Gasteiger partial charge is 0.397 e. The van der Waals surface area contributed by atoms with E-state index >= 15 is 0 Å². The van der Waals surface area contributed by atoms with E-state index in [9.17, 15) is 0 Å². The van der Waals surface area contributed by atoms with Crippen molar-refractivity contribution in [1.29, 1.82) is 0 Å². The van der Waals surface area contributed by atoms with Crippen molar-refractivity contribution < 1.29 is 0 Å². The molecule has 0 fully saturated rings. The van der Waals surface area contributed by atoms with Crippen LogP contribution < -0.4 is 5.73 Å². The van der Waals surface area contributed by atoms with Crippen molar-refractivity contribution >= 4 is 17.3 Å². The van der Waals surface area contributed by atoms with E-state index in [2.05, 4.69) is 9.97 Å². The quantitative estimate of drug-likeness (QED) is 0.693. The average molecular weight is 170 g/mol. The highest BCUT2D eigenvalue weighted by molar-refractivity contribution is 6.29. The maximum atomic E-state index is 5.56. The maximum Gasteiger partial charge on any atom is 0.147 e. The zero-order valence-corrected chi connectivity index (χ0v) is 6.84. The Morgan fingerprint density at radius 2 is 2.27 bits per heavy atom. The number of hydrogen-bond acceptors (Lipinski definition) is 3. The van der Waals surface area contributed by atoms with Gasteiger partial charge in [0.15, 0.2) is 0 Å². The molecule has 0 atom stereocenters. The Bertz CT molecular complexity index is 266. The summed E-state index contributed by atoms with van der Waals surface area (Å²) in [4.78, 5) is 7.79. The molecule has 4 heteroatoms. The second-order valence-electron chi connectivity index (χ2n) is 1.97. The minimum absolute atomic E-state index is 0.373. The Balaban J connectivity index is 2.99. The molecule has 58 valence electrons. The summed E-state index contributed by atoms with van der Waals surface area (Å²) in [6, 6.07) is 0. The molecule has 11 heavy (non-hydrogen) atoms. The first kappa shape index (κ1) is 8.01. The minimum Gasteiger partial charge on any atom is -0.397 e. The van der Waals surface area contributed by atoms with Crippen molar-refractivity contribution in [2.75, 3.05) is 0 Å². The van der Waals surface area contributed by atoms with Crippen LogP contribution in [-0.4, -0.2) is 9.97 Å². The first-order valence-electron chi connectivity index (χ1n) is 3.13. The molecule has 0 spiro atoms. The second kappa shape index (κ2) is 3.34. The van der Waals surface area contributed by atoms with E-state index in [4.69, 9.17) is 17.3 Å². The molecule has 2 N–H and O–H groups in total. The predicted octanol–water partition coefficient (Wildman–Crippen LogP) is 1.45. The molecule has 0 aliphatic carbocycles. The lowest BCUT2D eigenvalue weighted by molar-refractivity contribution is 1.16. The number of rotatable bonds is 1. The van der Waals surface area contributed by atoms with Crippen LogP contribution in [0.5, 0.6) is 0 Å². The number of aromatic nitrogens is 2. The molecular formula is C7H8ClN3. The molecule has 0 unspecified atom stereocenters. The normalized spacial score (nSPS) is 11.6. The second-order valence-corrected chi connectivity index (χ2v) is 2.36. The molecule has 0 radical (unpaired) electrons. The van der Waals surface area contributed by atoms with Crippen LogP contribution in [0, 0.1) is 0 Å². The summed E-state index contributed by atoms with van der Waals surface area (Å²) in [6.07, 6.45) is 4.77. The lowest BCUT2D eigenvalue weighted by Gasteiger charge is -1.97. The third kappa shape index (κ3) is 1.91. The summed E-state index contributed by atoms with van der Waals surface area (Å²) in [5.74, 6) is 0. The summed E-state index contributed by atoms with van der Waals surface area (Å²) < 4.78 is 0. The van der Waals surface area contributed by atoms with Crippen LogP contribution >= 0.6 is 11.6 Å². The zero-order chi connectivity index (χ0) is 8.27. The molecule has 0 aromatic carbocycles. The van der Waals surface area contributed by atoms with E-state index in [1.165, 1.54) is 12.4 Å². The monoisotopic (exact) mass is 169 g/mol. The Kier molecular flexibility index (Phi) is 2.44. The molecule has 3 nitrogen and oxygen atoms in total. The van der Waals surface area contributed by atoms with E-state index in [1.54, 1.807) is 6.08 Å². The highest BCUT2D eigenvalue weighted by Crippen LogP contribution is 2.05. The summed E-state index contributed by atoms with van der Waals surface area (Å²) >= 11 is 5.53. The summed E-state index contributed by atoms with van der Waals surface area (Å²) in [6.45, 7) is 1.84. The summed E-state index contributed by atoms with van der Waals surface area (Å²) in [5.41, 5.74) is 6.82. The van der Waals surface area contributed by atoms with Crippen LogP contribution in [0.25, 0.3) is 5.70 Å². The highest BCUT2D eigenvalue weighted by Gasteiger charge is 1.96. The average Bonchev–Trinajstić information content (AvgIpc) is 2.05. The first-order chi connectivity index (χ1) is 5.24. The van der Waals surface area contributed by atoms with Gasteiger partial charge in [-0.05, 0) is 6.92 Å². The van der Waals surface area contributed by atoms with Gasteiger partial charge in [-0.3, -0.25) is 0 Å². The third-order valence-electron chi connectivity index (χ3n) is 1.23. The Morgan fingerprint density at radius 1 is 1.55 bits per heavy atom. The molecule has 1 heterocycles. The number of halogens is 1. The van der Waals surface area contributed by atoms with Crippen molar-refractivity contribution in [1.82, 2.24) is 9.97 Å². The van der Waals surface area contributed by atoms with Crippen molar-refractivity contribution in [3.63, 3.8) is 0 Å². The fourth-order valence-electron chi connectivity index (χ4n) is 0.609. The summed E-state index contributed by atoms with van der Waals surface area (Å²) in [5, 5.41) is 0.373. The van der Waals surface area contributed by atoms with Gasteiger partial charge >= 0.3 is 0 Å². The van der Waals surface area contributed by atoms with Crippen LogP contribution in [0.15, 0.2) is 18.5 Å². The molecule has 1 rings (SSSR count). The van der Waals surface area contributed by atoms with Gasteiger partial charge in [0.2, 0.25) is 0 Å². The molecule has 0 saturated heterocycles. The number of allylic oxidation sites excluding steroid dienone is 1. The van der Waals surface area contributed by atoms with Gasteiger partial charge in [0.25, 0.3) is 0 Å². The molecule has 0 saturated carbocycles. The molecule has 1 aromatic rings. The Hall–Kier alpha value is -1.09. The van der Waals surface area contributed by atoms with Gasteiger partial charge in [-0.2, -0.15) is 0 Å². The zero-order valence-electron chi connectivity index (χ0n) is 6.08. The van der Waals surface area contributed by atoms with Gasteiger partial charge in [0.05, 0.1) is 18.1 Å². The predicted molar refractivity (Wildman–Crippen MR) is 44.9 cm³/mol.